The van der Waals surface area contributed by atoms with Crippen molar-refractivity contribution in [3.63, 3.8) is 0 Å². The fourth-order valence-electron chi connectivity index (χ4n) is 1.47. The molecule has 1 rings (SSSR count). The molecule has 0 aromatic heterocycles. The lowest BCUT2D eigenvalue weighted by Gasteiger charge is -2.24. The molecule has 0 bridgehead atoms. The summed E-state index contributed by atoms with van der Waals surface area (Å²) in [6.07, 6.45) is 0.838. The van der Waals surface area contributed by atoms with Gasteiger partial charge in [-0.2, -0.15) is 5.26 Å². The van der Waals surface area contributed by atoms with Crippen LogP contribution < -0.4 is 4.74 Å². The molecule has 0 radical (unpaired) electrons. The van der Waals surface area contributed by atoms with E-state index in [0.717, 1.165) is 10.9 Å². The molecule has 0 N–H and O–H groups in total. The summed E-state index contributed by atoms with van der Waals surface area (Å²) in [6, 6.07) is 7.48. The molecule has 0 saturated heterocycles. The summed E-state index contributed by atoms with van der Waals surface area (Å²) in [4.78, 5) is 0. The average Bonchev–Trinajstić information content (AvgIpc) is 2.32. The van der Waals surface area contributed by atoms with E-state index in [4.69, 9.17) is 14.7 Å². The first-order valence-electron chi connectivity index (χ1n) is 6.35. The van der Waals surface area contributed by atoms with Crippen molar-refractivity contribution in [2.75, 3.05) is 6.61 Å². The van der Waals surface area contributed by atoms with Crippen LogP contribution >= 0.6 is 15.9 Å². The highest BCUT2D eigenvalue weighted by atomic mass is 79.9. The number of ether oxygens (including phenoxy) is 2. The minimum Gasteiger partial charge on any atom is -0.488 e. The van der Waals surface area contributed by atoms with Gasteiger partial charge in [0.15, 0.2) is 0 Å². The standard InChI is InChI=1S/C15H20BrNO2/c1-5-13(10-18-15(2,3)4)19-14-7-11(9-17)6-12(16)8-14/h6-8,13H,5,10H2,1-4H3. The normalized spacial score (nSPS) is 12.8. The van der Waals surface area contributed by atoms with Crippen LogP contribution in [0.1, 0.15) is 39.7 Å². The van der Waals surface area contributed by atoms with Crippen LogP contribution in [0.15, 0.2) is 22.7 Å². The number of benzene rings is 1. The quantitative estimate of drug-likeness (QED) is 0.810. The molecule has 0 amide bonds. The molecule has 0 heterocycles. The molecule has 0 saturated carbocycles. The summed E-state index contributed by atoms with van der Waals surface area (Å²) in [5.41, 5.74) is 0.405. The van der Waals surface area contributed by atoms with Gasteiger partial charge in [0.25, 0.3) is 0 Å². The molecule has 1 unspecified atom stereocenters. The zero-order valence-electron chi connectivity index (χ0n) is 11.9. The van der Waals surface area contributed by atoms with E-state index in [-0.39, 0.29) is 11.7 Å². The van der Waals surface area contributed by atoms with Crippen LogP contribution in [0.3, 0.4) is 0 Å². The number of hydrogen-bond donors (Lipinski definition) is 0. The summed E-state index contributed by atoms with van der Waals surface area (Å²) in [5.74, 6) is 0.690. The van der Waals surface area contributed by atoms with E-state index in [2.05, 4.69) is 28.9 Å². The average molecular weight is 326 g/mol. The van der Waals surface area contributed by atoms with Crippen LogP contribution in [0.2, 0.25) is 0 Å². The van der Waals surface area contributed by atoms with Crippen molar-refractivity contribution in [1.82, 2.24) is 0 Å². The predicted molar refractivity (Wildman–Crippen MR) is 79.3 cm³/mol. The van der Waals surface area contributed by atoms with Crippen molar-refractivity contribution < 1.29 is 9.47 Å². The molecular weight excluding hydrogens is 306 g/mol. The number of nitriles is 1. The van der Waals surface area contributed by atoms with E-state index in [1.54, 1.807) is 12.1 Å². The minimum atomic E-state index is -0.175. The number of nitrogens with zero attached hydrogens (tertiary/aromatic N) is 1. The first-order valence-corrected chi connectivity index (χ1v) is 7.14. The SMILES string of the molecule is CCC(COC(C)(C)C)Oc1cc(Br)cc(C#N)c1. The highest BCUT2D eigenvalue weighted by molar-refractivity contribution is 9.10. The van der Waals surface area contributed by atoms with Crippen LogP contribution in [-0.4, -0.2) is 18.3 Å². The Morgan fingerprint density at radius 2 is 2.00 bits per heavy atom. The Hall–Kier alpha value is -1.05. The van der Waals surface area contributed by atoms with Gasteiger partial charge in [-0.3, -0.25) is 0 Å². The topological polar surface area (TPSA) is 42.2 Å². The summed E-state index contributed by atoms with van der Waals surface area (Å²) >= 11 is 3.37. The van der Waals surface area contributed by atoms with Crippen molar-refractivity contribution in [3.05, 3.63) is 28.2 Å². The zero-order valence-corrected chi connectivity index (χ0v) is 13.5. The predicted octanol–water partition coefficient (Wildman–Crippen LogP) is 4.29. The first kappa shape index (κ1) is 16.0. The van der Waals surface area contributed by atoms with Crippen molar-refractivity contribution in [1.29, 1.82) is 5.26 Å². The highest BCUT2D eigenvalue weighted by Crippen LogP contribution is 2.23. The maximum atomic E-state index is 8.94. The number of hydrogen-bond acceptors (Lipinski definition) is 3. The summed E-state index contributed by atoms with van der Waals surface area (Å²) in [6.45, 7) is 8.65. The third-order valence-corrected chi connectivity index (χ3v) is 2.92. The molecule has 4 heteroatoms. The van der Waals surface area contributed by atoms with Crippen molar-refractivity contribution in [2.45, 2.75) is 45.8 Å². The molecule has 0 fully saturated rings. The molecule has 1 aromatic rings. The molecule has 1 atom stereocenters. The fourth-order valence-corrected chi connectivity index (χ4v) is 1.94. The van der Waals surface area contributed by atoms with Gasteiger partial charge in [-0.05, 0) is 45.4 Å². The smallest absolute Gasteiger partial charge is 0.122 e. The van der Waals surface area contributed by atoms with Gasteiger partial charge in [0, 0.05) is 4.47 Å². The molecule has 104 valence electrons. The molecule has 0 spiro atoms. The third kappa shape index (κ3) is 6.09. The van der Waals surface area contributed by atoms with Crippen LogP contribution in [-0.2, 0) is 4.74 Å². The fraction of sp³-hybridized carbons (Fsp3) is 0.533. The van der Waals surface area contributed by atoms with E-state index < -0.39 is 0 Å². The van der Waals surface area contributed by atoms with E-state index in [1.807, 2.05) is 26.8 Å². The summed E-state index contributed by atoms with van der Waals surface area (Å²) < 4.78 is 12.5. The number of rotatable bonds is 5. The van der Waals surface area contributed by atoms with E-state index in [9.17, 15) is 0 Å². The lowest BCUT2D eigenvalue weighted by molar-refractivity contribution is -0.0424. The van der Waals surface area contributed by atoms with Crippen molar-refractivity contribution in [3.8, 4) is 11.8 Å². The van der Waals surface area contributed by atoms with Crippen molar-refractivity contribution in [2.24, 2.45) is 0 Å². The Labute approximate surface area is 123 Å². The number of halogens is 1. The van der Waals surface area contributed by atoms with Crippen LogP contribution in [0.4, 0.5) is 0 Å². The zero-order chi connectivity index (χ0) is 14.5. The maximum Gasteiger partial charge on any atom is 0.122 e. The Morgan fingerprint density at radius 3 is 2.53 bits per heavy atom. The third-order valence-electron chi connectivity index (χ3n) is 2.46. The highest BCUT2D eigenvalue weighted by Gasteiger charge is 2.16. The molecule has 3 nitrogen and oxygen atoms in total. The molecular formula is C15H20BrNO2. The molecule has 0 aliphatic rings. The minimum absolute atomic E-state index is 0.0138. The van der Waals surface area contributed by atoms with Gasteiger partial charge in [0.2, 0.25) is 0 Å². The Balaban J connectivity index is 2.71. The lowest BCUT2D eigenvalue weighted by Crippen LogP contribution is -2.29. The molecule has 19 heavy (non-hydrogen) atoms. The van der Waals surface area contributed by atoms with Crippen LogP contribution in [0.5, 0.6) is 5.75 Å². The summed E-state index contributed by atoms with van der Waals surface area (Å²) in [5, 5.41) is 8.94. The van der Waals surface area contributed by atoms with E-state index in [1.165, 1.54) is 0 Å². The van der Waals surface area contributed by atoms with Crippen molar-refractivity contribution >= 4 is 15.9 Å². The van der Waals surface area contributed by atoms with Gasteiger partial charge in [0.1, 0.15) is 11.9 Å². The maximum absolute atomic E-state index is 8.94. The lowest BCUT2D eigenvalue weighted by atomic mass is 10.2. The molecule has 0 aliphatic carbocycles. The Kier molecular flexibility index (Phi) is 5.84. The Bertz CT molecular complexity index is 460. The van der Waals surface area contributed by atoms with Gasteiger partial charge in [-0.25, -0.2) is 0 Å². The molecule has 1 aromatic carbocycles. The van der Waals surface area contributed by atoms with Gasteiger partial charge >= 0.3 is 0 Å². The summed E-state index contributed by atoms with van der Waals surface area (Å²) in [7, 11) is 0. The van der Waals surface area contributed by atoms with E-state index >= 15 is 0 Å². The second-order valence-electron chi connectivity index (χ2n) is 5.36. The molecule has 0 aliphatic heterocycles. The van der Waals surface area contributed by atoms with E-state index in [0.29, 0.717) is 17.9 Å². The van der Waals surface area contributed by atoms with Gasteiger partial charge < -0.3 is 9.47 Å². The second kappa shape index (κ2) is 6.93. The van der Waals surface area contributed by atoms with Gasteiger partial charge in [-0.1, -0.05) is 22.9 Å². The first-order chi connectivity index (χ1) is 8.84. The second-order valence-corrected chi connectivity index (χ2v) is 6.27. The largest absolute Gasteiger partial charge is 0.488 e. The van der Waals surface area contributed by atoms with Crippen LogP contribution in [0, 0.1) is 11.3 Å². The Morgan fingerprint density at radius 1 is 1.32 bits per heavy atom. The van der Waals surface area contributed by atoms with Gasteiger partial charge in [-0.15, -0.1) is 0 Å². The monoisotopic (exact) mass is 325 g/mol. The van der Waals surface area contributed by atoms with Crippen LogP contribution in [0.25, 0.3) is 0 Å². The van der Waals surface area contributed by atoms with Gasteiger partial charge in [0.05, 0.1) is 23.8 Å².